The van der Waals surface area contributed by atoms with Gasteiger partial charge in [-0.1, -0.05) is 24.3 Å². The minimum Gasteiger partial charge on any atom is -0.438 e. The van der Waals surface area contributed by atoms with Gasteiger partial charge < -0.3 is 9.64 Å². The molecule has 9 heteroatoms. The van der Waals surface area contributed by atoms with Crippen LogP contribution in [0.2, 0.25) is 0 Å². The molecule has 0 spiro atoms. The minimum atomic E-state index is -4.45. The van der Waals surface area contributed by atoms with E-state index in [4.69, 9.17) is 4.74 Å². The number of amides is 1. The first-order chi connectivity index (χ1) is 17.2. The summed E-state index contributed by atoms with van der Waals surface area (Å²) in [5.41, 5.74) is 4.36. The van der Waals surface area contributed by atoms with Crippen LogP contribution in [0.4, 0.5) is 13.2 Å². The fraction of sp³-hybridized carbons (Fsp3) is 0.185. The molecular weight excluding hydrogens is 469 g/mol. The van der Waals surface area contributed by atoms with Crippen molar-refractivity contribution in [1.29, 1.82) is 0 Å². The average Bonchev–Trinajstić information content (AvgIpc) is 3.16. The average molecular weight is 490 g/mol. The Morgan fingerprint density at radius 2 is 1.78 bits per heavy atom. The van der Waals surface area contributed by atoms with Crippen LogP contribution in [0.25, 0.3) is 11.1 Å². The molecule has 0 atom stereocenters. The van der Waals surface area contributed by atoms with Gasteiger partial charge in [0.1, 0.15) is 11.3 Å². The molecule has 1 amide bonds. The van der Waals surface area contributed by atoms with Crippen LogP contribution in [-0.2, 0) is 19.3 Å². The van der Waals surface area contributed by atoms with Crippen LogP contribution >= 0.6 is 0 Å². The number of hydrogen-bond acceptors (Lipinski definition) is 5. The van der Waals surface area contributed by atoms with Gasteiger partial charge in [-0.15, -0.1) is 0 Å². The zero-order valence-corrected chi connectivity index (χ0v) is 19.5. The maximum absolute atomic E-state index is 13.3. The Bertz CT molecular complexity index is 1450. The van der Waals surface area contributed by atoms with Gasteiger partial charge in [-0.25, -0.2) is 4.98 Å². The highest BCUT2D eigenvalue weighted by molar-refractivity contribution is 6.00. The lowest BCUT2D eigenvalue weighted by molar-refractivity contribution is -0.137. The molecule has 6 nitrogen and oxygen atoms in total. The molecule has 0 bridgehead atoms. The van der Waals surface area contributed by atoms with Gasteiger partial charge in [0.2, 0.25) is 5.88 Å². The van der Waals surface area contributed by atoms with Crippen LogP contribution in [0.1, 0.15) is 38.3 Å². The summed E-state index contributed by atoms with van der Waals surface area (Å²) >= 11 is 0. The van der Waals surface area contributed by atoms with E-state index in [0.29, 0.717) is 24.2 Å². The molecule has 36 heavy (non-hydrogen) atoms. The SMILES string of the molecule is Cc1cc(-c2ccc(CN3Cc4ccnc(Oc5ccc(C(F)(F)F)cc5C)c4C3=O)cc2)cnn1. The van der Waals surface area contributed by atoms with E-state index in [-0.39, 0.29) is 17.5 Å². The molecule has 1 aliphatic rings. The summed E-state index contributed by atoms with van der Waals surface area (Å²) in [5, 5.41) is 7.96. The molecule has 0 saturated carbocycles. The van der Waals surface area contributed by atoms with Gasteiger partial charge in [0.05, 0.1) is 17.5 Å². The zero-order chi connectivity index (χ0) is 25.4. The van der Waals surface area contributed by atoms with E-state index in [0.717, 1.165) is 40.1 Å². The Morgan fingerprint density at radius 1 is 1.00 bits per heavy atom. The number of rotatable bonds is 5. The number of hydrogen-bond donors (Lipinski definition) is 0. The zero-order valence-electron chi connectivity index (χ0n) is 19.5. The van der Waals surface area contributed by atoms with Crippen molar-refractivity contribution in [2.75, 3.05) is 0 Å². The number of benzene rings is 2. The quantitative estimate of drug-likeness (QED) is 0.337. The lowest BCUT2D eigenvalue weighted by Crippen LogP contribution is -2.23. The molecule has 0 N–H and O–H groups in total. The first-order valence-corrected chi connectivity index (χ1v) is 11.2. The predicted molar refractivity (Wildman–Crippen MR) is 126 cm³/mol. The van der Waals surface area contributed by atoms with E-state index < -0.39 is 11.7 Å². The van der Waals surface area contributed by atoms with Gasteiger partial charge in [0, 0.05) is 24.8 Å². The molecule has 4 aromatic rings. The summed E-state index contributed by atoms with van der Waals surface area (Å²) in [6.45, 7) is 4.18. The molecule has 0 fully saturated rings. The van der Waals surface area contributed by atoms with Crippen LogP contribution in [0.5, 0.6) is 11.6 Å². The van der Waals surface area contributed by atoms with Crippen molar-refractivity contribution < 1.29 is 22.7 Å². The third-order valence-electron chi connectivity index (χ3n) is 6.01. The molecule has 0 saturated heterocycles. The summed E-state index contributed by atoms with van der Waals surface area (Å²) in [7, 11) is 0. The van der Waals surface area contributed by atoms with Crippen LogP contribution in [0, 0.1) is 13.8 Å². The maximum Gasteiger partial charge on any atom is 0.416 e. The highest BCUT2D eigenvalue weighted by Gasteiger charge is 2.33. The molecule has 0 radical (unpaired) electrons. The summed E-state index contributed by atoms with van der Waals surface area (Å²) in [4.78, 5) is 19.1. The first kappa shape index (κ1) is 23.5. The number of aryl methyl sites for hydroxylation is 2. The predicted octanol–water partition coefficient (Wildman–Crippen LogP) is 6.12. The summed E-state index contributed by atoms with van der Waals surface area (Å²) in [6, 6.07) is 14.8. The van der Waals surface area contributed by atoms with E-state index in [1.807, 2.05) is 37.3 Å². The van der Waals surface area contributed by atoms with Crippen LogP contribution in [0.15, 0.2) is 67.0 Å². The van der Waals surface area contributed by atoms with Crippen molar-refractivity contribution >= 4 is 5.91 Å². The number of alkyl halides is 3. The summed E-state index contributed by atoms with van der Waals surface area (Å²) in [5.74, 6) is 0.0565. The Kier molecular flexibility index (Phi) is 5.91. The molecule has 0 aliphatic carbocycles. The molecule has 182 valence electrons. The number of nitrogens with zero attached hydrogens (tertiary/aromatic N) is 4. The van der Waals surface area contributed by atoms with Crippen LogP contribution in [0.3, 0.4) is 0 Å². The van der Waals surface area contributed by atoms with Crippen molar-refractivity contribution in [3.05, 3.63) is 101 Å². The largest absolute Gasteiger partial charge is 0.438 e. The Hall–Kier alpha value is -4.27. The molecule has 3 heterocycles. The number of carbonyl (C=O) groups excluding carboxylic acids is 1. The van der Waals surface area contributed by atoms with Crippen molar-refractivity contribution in [1.82, 2.24) is 20.1 Å². The summed E-state index contributed by atoms with van der Waals surface area (Å²) in [6.07, 6.45) is -1.21. The van der Waals surface area contributed by atoms with Gasteiger partial charge >= 0.3 is 6.18 Å². The second-order valence-corrected chi connectivity index (χ2v) is 8.67. The Labute approximate surface area is 205 Å². The van der Waals surface area contributed by atoms with Crippen LogP contribution < -0.4 is 4.74 Å². The highest BCUT2D eigenvalue weighted by atomic mass is 19.4. The van der Waals surface area contributed by atoms with E-state index >= 15 is 0 Å². The molecule has 2 aromatic carbocycles. The van der Waals surface area contributed by atoms with Crippen molar-refractivity contribution in [2.45, 2.75) is 33.1 Å². The van der Waals surface area contributed by atoms with E-state index in [9.17, 15) is 18.0 Å². The molecule has 1 aliphatic heterocycles. The maximum atomic E-state index is 13.3. The smallest absolute Gasteiger partial charge is 0.416 e. The van der Waals surface area contributed by atoms with Crippen molar-refractivity contribution in [2.24, 2.45) is 0 Å². The lowest BCUT2D eigenvalue weighted by atomic mass is 10.1. The Balaban J connectivity index is 1.34. The monoisotopic (exact) mass is 490 g/mol. The van der Waals surface area contributed by atoms with Gasteiger partial charge in [-0.05, 0) is 66.4 Å². The standard InChI is InChI=1S/C27H21F3N4O2/c1-16-11-22(27(28,29)30)7-8-23(16)36-25-24-20(9-10-31-25)15-34(26(24)35)14-18-3-5-19(6-4-18)21-12-17(2)33-32-13-21/h3-13H,14-15H2,1-2H3. The van der Waals surface area contributed by atoms with E-state index in [1.165, 1.54) is 19.2 Å². The third kappa shape index (κ3) is 4.64. The lowest BCUT2D eigenvalue weighted by Gasteiger charge is -2.16. The van der Waals surface area contributed by atoms with E-state index in [2.05, 4.69) is 15.2 Å². The third-order valence-corrected chi connectivity index (χ3v) is 6.01. The number of carbonyl (C=O) groups is 1. The number of halogens is 3. The second kappa shape index (κ2) is 9.07. The number of aromatic nitrogens is 3. The fourth-order valence-electron chi connectivity index (χ4n) is 4.18. The molecule has 0 unspecified atom stereocenters. The number of ether oxygens (including phenoxy) is 1. The normalized spacial score (nSPS) is 13.1. The first-order valence-electron chi connectivity index (χ1n) is 11.2. The van der Waals surface area contributed by atoms with Gasteiger partial charge in [0.25, 0.3) is 5.91 Å². The van der Waals surface area contributed by atoms with Crippen molar-refractivity contribution in [3.8, 4) is 22.8 Å². The highest BCUT2D eigenvalue weighted by Crippen LogP contribution is 2.36. The second-order valence-electron chi connectivity index (χ2n) is 8.67. The van der Waals surface area contributed by atoms with Crippen LogP contribution in [-0.4, -0.2) is 26.0 Å². The minimum absolute atomic E-state index is 0.0822. The van der Waals surface area contributed by atoms with Gasteiger partial charge in [0.15, 0.2) is 0 Å². The van der Waals surface area contributed by atoms with E-state index in [1.54, 1.807) is 17.2 Å². The Morgan fingerprint density at radius 3 is 2.47 bits per heavy atom. The van der Waals surface area contributed by atoms with Gasteiger partial charge in [-0.2, -0.15) is 23.4 Å². The number of pyridine rings is 1. The summed E-state index contributed by atoms with van der Waals surface area (Å²) < 4.78 is 44.8. The molecule has 2 aromatic heterocycles. The van der Waals surface area contributed by atoms with Crippen molar-refractivity contribution in [3.63, 3.8) is 0 Å². The molecular formula is C27H21F3N4O2. The number of fused-ring (bicyclic) bond motifs is 1. The van der Waals surface area contributed by atoms with Gasteiger partial charge in [-0.3, -0.25) is 4.79 Å². The fourth-order valence-corrected chi connectivity index (χ4v) is 4.18. The molecule has 5 rings (SSSR count). The topological polar surface area (TPSA) is 68.2 Å².